The second-order valence-electron chi connectivity index (χ2n) is 9.22. The van der Waals surface area contributed by atoms with E-state index >= 15 is 0 Å². The van der Waals surface area contributed by atoms with Crippen LogP contribution in [0.2, 0.25) is 0 Å². The van der Waals surface area contributed by atoms with E-state index in [-0.39, 0.29) is 6.61 Å². The fourth-order valence-electron chi connectivity index (χ4n) is 5.21. The lowest BCUT2D eigenvalue weighted by Gasteiger charge is -2.26. The van der Waals surface area contributed by atoms with Gasteiger partial charge in [0.2, 0.25) is 0 Å². The van der Waals surface area contributed by atoms with E-state index < -0.39 is 0 Å². The average Bonchev–Trinajstić information content (AvgIpc) is 2.86. The van der Waals surface area contributed by atoms with Gasteiger partial charge in [-0.3, -0.25) is 4.90 Å². The Kier molecular flexibility index (Phi) is 6.34. The fourth-order valence-corrected chi connectivity index (χ4v) is 5.47. The first-order valence-electron chi connectivity index (χ1n) is 11.8. The smallest absolute Gasteiger partial charge is 0.284 e. The zero-order valence-electron chi connectivity index (χ0n) is 20.6. The monoisotopic (exact) mass is 487 g/mol. The van der Waals surface area contributed by atoms with Gasteiger partial charge < -0.3 is 14.6 Å². The maximum Gasteiger partial charge on any atom is 0.284 e. The largest absolute Gasteiger partial charge is 0.497 e. The molecule has 0 atom stereocenters. The Morgan fingerprint density at radius 3 is 2.34 bits per heavy atom. The Balaban J connectivity index is 1.76. The highest BCUT2D eigenvalue weighted by Gasteiger charge is 2.30. The van der Waals surface area contributed by atoms with Crippen LogP contribution < -0.4 is 18.9 Å². The van der Waals surface area contributed by atoms with Crippen LogP contribution in [0.4, 0.5) is 5.82 Å². The zero-order valence-corrected chi connectivity index (χ0v) is 21.5. The SMILES string of the molecule is COc1ccc(Cc2cc(OC)cc3c2-c2cc4cc(CO)c(S)cc4c(N(C)C)[n+]2CC3)cc1. The number of hydrogen-bond donors (Lipinski definition) is 2. The van der Waals surface area contributed by atoms with Crippen molar-refractivity contribution < 1.29 is 19.1 Å². The second kappa shape index (κ2) is 9.44. The van der Waals surface area contributed by atoms with E-state index in [2.05, 4.69) is 78.7 Å². The van der Waals surface area contributed by atoms with Crippen molar-refractivity contribution in [3.05, 3.63) is 76.9 Å². The molecule has 0 spiro atoms. The molecule has 0 saturated heterocycles. The van der Waals surface area contributed by atoms with Crippen molar-refractivity contribution in [2.45, 2.75) is 30.9 Å². The van der Waals surface area contributed by atoms with Crippen LogP contribution in [-0.2, 0) is 26.0 Å². The summed E-state index contributed by atoms with van der Waals surface area (Å²) in [6, 6.07) is 19.0. The van der Waals surface area contributed by atoms with E-state index in [1.54, 1.807) is 14.2 Å². The van der Waals surface area contributed by atoms with Crippen molar-refractivity contribution in [2.75, 3.05) is 33.2 Å². The van der Waals surface area contributed by atoms with Gasteiger partial charge in [-0.15, -0.1) is 12.6 Å². The standard InChI is InChI=1S/C29H30N2O3S/c1-30(2)29-25-16-27(35)22(17-32)12-20(25)15-26-28-19(9-10-31(26)29)13-24(34-4)14-21(28)11-18-5-7-23(33-3)8-6-18/h5-8,12-16,32H,9-11,17H2,1-4H3/p+1. The van der Waals surface area contributed by atoms with Crippen molar-refractivity contribution in [3.8, 4) is 22.8 Å². The van der Waals surface area contributed by atoms with Gasteiger partial charge in [0, 0.05) is 16.9 Å². The number of thiol groups is 1. The third-order valence-electron chi connectivity index (χ3n) is 6.85. The lowest BCUT2D eigenvalue weighted by molar-refractivity contribution is -0.674. The molecule has 35 heavy (non-hydrogen) atoms. The molecule has 6 heteroatoms. The molecule has 0 fully saturated rings. The van der Waals surface area contributed by atoms with Gasteiger partial charge in [-0.25, -0.2) is 4.57 Å². The number of fused-ring (bicyclic) bond motifs is 4. The Morgan fingerprint density at radius 1 is 0.943 bits per heavy atom. The maximum absolute atomic E-state index is 9.87. The van der Waals surface area contributed by atoms with Crippen molar-refractivity contribution in [2.24, 2.45) is 0 Å². The summed E-state index contributed by atoms with van der Waals surface area (Å²) in [6.07, 6.45) is 1.71. The number of ether oxygens (including phenoxy) is 2. The first kappa shape index (κ1) is 23.5. The molecule has 0 radical (unpaired) electrons. The zero-order chi connectivity index (χ0) is 24.7. The molecular formula is C29H31N2O3S+. The first-order chi connectivity index (χ1) is 16.9. The molecule has 4 aromatic rings. The van der Waals surface area contributed by atoms with Crippen LogP contribution >= 0.6 is 12.6 Å². The molecule has 180 valence electrons. The van der Waals surface area contributed by atoms with E-state index in [1.807, 2.05) is 12.1 Å². The topological polar surface area (TPSA) is 45.8 Å². The molecular weight excluding hydrogens is 456 g/mol. The summed E-state index contributed by atoms with van der Waals surface area (Å²) in [5.41, 5.74) is 7.03. The van der Waals surface area contributed by atoms with Crippen LogP contribution in [0, 0.1) is 0 Å². The minimum atomic E-state index is -0.0349. The summed E-state index contributed by atoms with van der Waals surface area (Å²) in [4.78, 5) is 2.99. The van der Waals surface area contributed by atoms with E-state index in [4.69, 9.17) is 9.47 Å². The van der Waals surface area contributed by atoms with Gasteiger partial charge in [0.25, 0.3) is 5.82 Å². The fraction of sp³-hybridized carbons (Fsp3) is 0.276. The predicted molar refractivity (Wildman–Crippen MR) is 143 cm³/mol. The average molecular weight is 488 g/mol. The van der Waals surface area contributed by atoms with Crippen LogP contribution in [0.1, 0.15) is 22.3 Å². The van der Waals surface area contributed by atoms with Crippen molar-refractivity contribution in [1.82, 2.24) is 0 Å². The summed E-state index contributed by atoms with van der Waals surface area (Å²) >= 11 is 4.64. The molecule has 5 rings (SSSR count). The van der Waals surface area contributed by atoms with Crippen molar-refractivity contribution in [3.63, 3.8) is 0 Å². The molecule has 5 nitrogen and oxygen atoms in total. The molecule has 1 N–H and O–H groups in total. The highest BCUT2D eigenvalue weighted by atomic mass is 32.1. The number of aliphatic hydroxyl groups is 1. The number of benzene rings is 3. The van der Waals surface area contributed by atoms with E-state index in [9.17, 15) is 5.11 Å². The second-order valence-corrected chi connectivity index (χ2v) is 9.70. The summed E-state index contributed by atoms with van der Waals surface area (Å²) in [6.45, 7) is 0.845. The molecule has 2 heterocycles. The predicted octanol–water partition coefficient (Wildman–Crippen LogP) is 4.81. The van der Waals surface area contributed by atoms with Gasteiger partial charge in [0.1, 0.15) is 17.2 Å². The minimum absolute atomic E-state index is 0.0349. The van der Waals surface area contributed by atoms with Gasteiger partial charge in [-0.1, -0.05) is 12.1 Å². The third kappa shape index (κ3) is 4.21. The van der Waals surface area contributed by atoms with Gasteiger partial charge in [0.15, 0.2) is 0 Å². The Bertz CT molecular complexity index is 1410. The minimum Gasteiger partial charge on any atom is -0.497 e. The number of hydrogen-bond acceptors (Lipinski definition) is 5. The molecule has 3 aromatic carbocycles. The molecule has 0 amide bonds. The summed E-state index contributed by atoms with van der Waals surface area (Å²) in [5.74, 6) is 2.89. The van der Waals surface area contributed by atoms with Gasteiger partial charge in [0.05, 0.1) is 46.9 Å². The molecule has 0 unspecified atom stereocenters. The van der Waals surface area contributed by atoms with Gasteiger partial charge >= 0.3 is 0 Å². The molecule has 0 saturated carbocycles. The summed E-state index contributed by atoms with van der Waals surface area (Å²) < 4.78 is 13.5. The maximum atomic E-state index is 9.87. The summed E-state index contributed by atoms with van der Waals surface area (Å²) in [5, 5.41) is 12.1. The van der Waals surface area contributed by atoms with Crippen LogP contribution in [-0.4, -0.2) is 33.4 Å². The van der Waals surface area contributed by atoms with Gasteiger partial charge in [-0.2, -0.15) is 0 Å². The highest BCUT2D eigenvalue weighted by Crippen LogP contribution is 2.38. The molecule has 0 bridgehead atoms. The van der Waals surface area contributed by atoms with Gasteiger partial charge in [-0.05, 0) is 76.5 Å². The Morgan fingerprint density at radius 2 is 1.69 bits per heavy atom. The highest BCUT2D eigenvalue weighted by molar-refractivity contribution is 7.80. The number of aliphatic hydroxyl groups excluding tert-OH is 1. The lowest BCUT2D eigenvalue weighted by atomic mass is 9.88. The molecule has 1 aromatic heterocycles. The number of anilines is 1. The van der Waals surface area contributed by atoms with Crippen LogP contribution in [0.5, 0.6) is 11.5 Å². The van der Waals surface area contributed by atoms with E-state index in [0.717, 1.165) is 57.9 Å². The normalized spacial score (nSPS) is 12.3. The van der Waals surface area contributed by atoms with Crippen molar-refractivity contribution in [1.29, 1.82) is 0 Å². The number of methoxy groups -OCH3 is 2. The third-order valence-corrected chi connectivity index (χ3v) is 7.27. The molecule has 1 aliphatic heterocycles. The number of pyridine rings is 1. The van der Waals surface area contributed by atoms with E-state index in [0.29, 0.717) is 0 Å². The Labute approximate surface area is 212 Å². The van der Waals surface area contributed by atoms with Crippen LogP contribution in [0.15, 0.2) is 59.5 Å². The Hall–Kier alpha value is -3.22. The molecule has 0 aliphatic carbocycles. The summed E-state index contributed by atoms with van der Waals surface area (Å²) in [7, 11) is 7.59. The van der Waals surface area contributed by atoms with Crippen LogP contribution in [0.3, 0.4) is 0 Å². The van der Waals surface area contributed by atoms with Crippen LogP contribution in [0.25, 0.3) is 22.0 Å². The quantitative estimate of drug-likeness (QED) is 0.303. The van der Waals surface area contributed by atoms with Crippen molar-refractivity contribution >= 4 is 29.2 Å². The molecule has 1 aliphatic rings. The number of nitrogens with zero attached hydrogens (tertiary/aromatic N) is 2. The number of aromatic nitrogens is 1. The lowest BCUT2D eigenvalue weighted by Crippen LogP contribution is -2.45. The van der Waals surface area contributed by atoms with E-state index in [1.165, 1.54) is 27.9 Å². The first-order valence-corrected chi connectivity index (χ1v) is 12.2. The number of aryl methyl sites for hydroxylation is 1. The number of rotatable bonds is 6.